The molecule has 0 aliphatic rings. The van der Waals surface area contributed by atoms with E-state index in [1.165, 1.54) is 6.07 Å². The number of carbonyl (C=O) groups excluding carboxylic acids is 1. The topological polar surface area (TPSA) is 104 Å². The van der Waals surface area contributed by atoms with E-state index in [0.29, 0.717) is 5.56 Å². The van der Waals surface area contributed by atoms with Crippen molar-refractivity contribution < 1.29 is 14.8 Å². The molecule has 2 rings (SSSR count). The maximum absolute atomic E-state index is 12.0. The van der Waals surface area contributed by atoms with Gasteiger partial charge in [0.05, 0.1) is 10.6 Å². The SMILES string of the molecule is Cc1ccc(C(=O)NC(=S)Nc2cc([N+](=O)[O-])ccc2O)cc1. The number of rotatable bonds is 3. The van der Waals surface area contributed by atoms with E-state index in [9.17, 15) is 20.0 Å². The Morgan fingerprint density at radius 3 is 2.48 bits per heavy atom. The largest absolute Gasteiger partial charge is 0.506 e. The fourth-order valence-electron chi connectivity index (χ4n) is 1.77. The molecule has 0 aliphatic heterocycles. The minimum atomic E-state index is -0.599. The van der Waals surface area contributed by atoms with Crippen molar-refractivity contribution in [1.82, 2.24) is 5.32 Å². The Bertz CT molecular complexity index is 775. The summed E-state index contributed by atoms with van der Waals surface area (Å²) in [5, 5.41) is 25.3. The zero-order valence-corrected chi connectivity index (χ0v) is 12.9. The summed E-state index contributed by atoms with van der Waals surface area (Å²) >= 11 is 4.98. The Morgan fingerprint density at radius 1 is 1.22 bits per heavy atom. The number of phenols is 1. The van der Waals surface area contributed by atoms with Crippen LogP contribution in [0, 0.1) is 17.0 Å². The third-order valence-corrected chi connectivity index (χ3v) is 3.18. The number of benzene rings is 2. The van der Waals surface area contributed by atoms with Gasteiger partial charge in [-0.25, -0.2) is 0 Å². The molecule has 0 saturated carbocycles. The van der Waals surface area contributed by atoms with Gasteiger partial charge >= 0.3 is 0 Å². The molecule has 3 N–H and O–H groups in total. The van der Waals surface area contributed by atoms with Crippen LogP contribution in [0.2, 0.25) is 0 Å². The average molecular weight is 331 g/mol. The standard InChI is InChI=1S/C15H13N3O4S/c1-9-2-4-10(5-3-9)14(20)17-15(23)16-12-8-11(18(21)22)6-7-13(12)19/h2-8,19H,1H3,(H2,16,17,20,23). The minimum absolute atomic E-state index is 0.0356. The number of carbonyl (C=O) groups is 1. The molecule has 2 aromatic rings. The van der Waals surface area contributed by atoms with E-state index in [-0.39, 0.29) is 22.2 Å². The van der Waals surface area contributed by atoms with Crippen LogP contribution in [0.25, 0.3) is 0 Å². The Morgan fingerprint density at radius 2 is 1.87 bits per heavy atom. The first-order valence-electron chi connectivity index (χ1n) is 6.53. The number of hydrogen-bond acceptors (Lipinski definition) is 5. The van der Waals surface area contributed by atoms with Crippen LogP contribution in [0.4, 0.5) is 11.4 Å². The molecular formula is C15H13N3O4S. The normalized spacial score (nSPS) is 9.96. The lowest BCUT2D eigenvalue weighted by molar-refractivity contribution is -0.384. The monoisotopic (exact) mass is 331 g/mol. The summed E-state index contributed by atoms with van der Waals surface area (Å²) in [6.07, 6.45) is 0. The van der Waals surface area contributed by atoms with Gasteiger partial charge in [0.1, 0.15) is 5.75 Å². The number of non-ortho nitro benzene ring substituents is 1. The fourth-order valence-corrected chi connectivity index (χ4v) is 1.97. The first kappa shape index (κ1) is 16.4. The first-order valence-corrected chi connectivity index (χ1v) is 6.94. The Labute approximate surface area is 137 Å². The van der Waals surface area contributed by atoms with E-state index in [0.717, 1.165) is 17.7 Å². The van der Waals surface area contributed by atoms with E-state index in [1.54, 1.807) is 24.3 Å². The molecule has 0 fully saturated rings. The number of aryl methyl sites for hydroxylation is 1. The van der Waals surface area contributed by atoms with E-state index < -0.39 is 10.8 Å². The predicted molar refractivity (Wildman–Crippen MR) is 89.6 cm³/mol. The summed E-state index contributed by atoms with van der Waals surface area (Å²) in [4.78, 5) is 22.1. The van der Waals surface area contributed by atoms with Crippen LogP contribution in [-0.2, 0) is 0 Å². The molecule has 0 unspecified atom stereocenters. The molecule has 0 heterocycles. The second-order valence-electron chi connectivity index (χ2n) is 4.73. The zero-order chi connectivity index (χ0) is 17.0. The zero-order valence-electron chi connectivity index (χ0n) is 12.1. The van der Waals surface area contributed by atoms with Crippen molar-refractivity contribution in [2.75, 3.05) is 5.32 Å². The number of nitro benzene ring substituents is 1. The lowest BCUT2D eigenvalue weighted by atomic mass is 10.1. The number of hydrogen-bond donors (Lipinski definition) is 3. The first-order chi connectivity index (χ1) is 10.9. The van der Waals surface area contributed by atoms with Crippen LogP contribution in [-0.4, -0.2) is 21.0 Å². The highest BCUT2D eigenvalue weighted by Crippen LogP contribution is 2.27. The third-order valence-electron chi connectivity index (χ3n) is 2.98. The summed E-state index contributed by atoms with van der Waals surface area (Å²) in [6, 6.07) is 10.3. The lowest BCUT2D eigenvalue weighted by Gasteiger charge is -2.11. The van der Waals surface area contributed by atoms with Crippen molar-refractivity contribution in [3.8, 4) is 5.75 Å². The highest BCUT2D eigenvalue weighted by Gasteiger charge is 2.13. The molecule has 0 aromatic heterocycles. The van der Waals surface area contributed by atoms with Crippen molar-refractivity contribution in [3.05, 3.63) is 63.7 Å². The summed E-state index contributed by atoms with van der Waals surface area (Å²) in [6.45, 7) is 1.90. The molecular weight excluding hydrogens is 318 g/mol. The van der Waals surface area contributed by atoms with Crippen LogP contribution in [0.3, 0.4) is 0 Å². The quantitative estimate of drug-likeness (QED) is 0.346. The summed E-state index contributed by atoms with van der Waals surface area (Å²) in [5.41, 5.74) is 1.26. The van der Waals surface area contributed by atoms with Gasteiger partial charge in [-0.3, -0.25) is 20.2 Å². The molecule has 7 nitrogen and oxygen atoms in total. The van der Waals surface area contributed by atoms with Gasteiger partial charge in [0, 0.05) is 17.7 Å². The van der Waals surface area contributed by atoms with Crippen LogP contribution < -0.4 is 10.6 Å². The van der Waals surface area contributed by atoms with Gasteiger partial charge in [0.15, 0.2) is 5.11 Å². The number of amides is 1. The number of nitrogens with one attached hydrogen (secondary N) is 2. The Balaban J connectivity index is 2.07. The van der Waals surface area contributed by atoms with Crippen LogP contribution >= 0.6 is 12.2 Å². The van der Waals surface area contributed by atoms with Crippen LogP contribution in [0.5, 0.6) is 5.75 Å². The summed E-state index contributed by atoms with van der Waals surface area (Å²) in [5.74, 6) is -0.644. The third kappa shape index (κ3) is 4.24. The molecule has 118 valence electrons. The van der Waals surface area contributed by atoms with Gasteiger partial charge < -0.3 is 10.4 Å². The van der Waals surface area contributed by atoms with Crippen LogP contribution in [0.15, 0.2) is 42.5 Å². The Hall–Kier alpha value is -3.00. The second-order valence-corrected chi connectivity index (χ2v) is 5.14. The Kier molecular flexibility index (Phi) is 4.87. The second kappa shape index (κ2) is 6.84. The van der Waals surface area contributed by atoms with Gasteiger partial charge in [-0.2, -0.15) is 0 Å². The predicted octanol–water partition coefficient (Wildman–Crippen LogP) is 2.74. The van der Waals surface area contributed by atoms with Crippen molar-refractivity contribution in [1.29, 1.82) is 0 Å². The summed E-state index contributed by atoms with van der Waals surface area (Å²) < 4.78 is 0. The summed E-state index contributed by atoms with van der Waals surface area (Å²) in [7, 11) is 0. The molecule has 23 heavy (non-hydrogen) atoms. The molecule has 0 bridgehead atoms. The molecule has 0 atom stereocenters. The van der Waals surface area contributed by atoms with Crippen LogP contribution in [0.1, 0.15) is 15.9 Å². The maximum Gasteiger partial charge on any atom is 0.271 e. The van der Waals surface area contributed by atoms with Crippen molar-refractivity contribution >= 4 is 34.6 Å². The number of nitro groups is 1. The van der Waals surface area contributed by atoms with Gasteiger partial charge in [0.25, 0.3) is 11.6 Å². The average Bonchev–Trinajstić information content (AvgIpc) is 2.49. The number of nitrogens with zero attached hydrogens (tertiary/aromatic N) is 1. The molecule has 0 radical (unpaired) electrons. The van der Waals surface area contributed by atoms with E-state index in [1.807, 2.05) is 6.92 Å². The van der Waals surface area contributed by atoms with Crippen molar-refractivity contribution in [2.45, 2.75) is 6.92 Å². The molecule has 0 spiro atoms. The number of phenolic OH excluding ortho intramolecular Hbond substituents is 1. The van der Waals surface area contributed by atoms with Gasteiger partial charge in [-0.1, -0.05) is 17.7 Å². The fraction of sp³-hybridized carbons (Fsp3) is 0.0667. The lowest BCUT2D eigenvalue weighted by Crippen LogP contribution is -2.34. The van der Waals surface area contributed by atoms with E-state index >= 15 is 0 Å². The minimum Gasteiger partial charge on any atom is -0.506 e. The molecule has 8 heteroatoms. The van der Waals surface area contributed by atoms with Crippen molar-refractivity contribution in [3.63, 3.8) is 0 Å². The highest BCUT2D eigenvalue weighted by molar-refractivity contribution is 7.80. The molecule has 0 saturated heterocycles. The number of anilines is 1. The molecule has 1 amide bonds. The van der Waals surface area contributed by atoms with E-state index in [4.69, 9.17) is 12.2 Å². The number of thiocarbonyl (C=S) groups is 1. The van der Waals surface area contributed by atoms with Gasteiger partial charge in [-0.15, -0.1) is 0 Å². The molecule has 2 aromatic carbocycles. The van der Waals surface area contributed by atoms with Crippen molar-refractivity contribution in [2.24, 2.45) is 0 Å². The molecule has 0 aliphatic carbocycles. The highest BCUT2D eigenvalue weighted by atomic mass is 32.1. The van der Waals surface area contributed by atoms with Gasteiger partial charge in [-0.05, 0) is 37.3 Å². The smallest absolute Gasteiger partial charge is 0.271 e. The van der Waals surface area contributed by atoms with Gasteiger partial charge in [0.2, 0.25) is 0 Å². The number of aromatic hydroxyl groups is 1. The van der Waals surface area contributed by atoms with E-state index in [2.05, 4.69) is 10.6 Å². The maximum atomic E-state index is 12.0.